The number of rotatable bonds is 8. The molecule has 0 aromatic heterocycles. The van der Waals surface area contributed by atoms with Gasteiger partial charge in [-0.3, -0.25) is 4.79 Å². The monoisotopic (exact) mass is 446 g/mol. The Morgan fingerprint density at radius 1 is 1.11 bits per heavy atom. The van der Waals surface area contributed by atoms with Crippen molar-refractivity contribution in [1.82, 2.24) is 4.31 Å². The number of amides is 1. The molecule has 152 valence electrons. The van der Waals surface area contributed by atoms with Gasteiger partial charge in [-0.25, -0.2) is 12.8 Å². The molecule has 0 atom stereocenters. The first-order chi connectivity index (χ1) is 13.2. The Labute approximate surface area is 174 Å². The van der Waals surface area contributed by atoms with Gasteiger partial charge in [-0.2, -0.15) is 4.31 Å². The van der Waals surface area contributed by atoms with Crippen LogP contribution in [0.1, 0.15) is 37.0 Å². The second kappa shape index (κ2) is 9.69. The third-order valence-corrected chi connectivity index (χ3v) is 6.82. The van der Waals surface area contributed by atoms with Crippen LogP contribution in [-0.2, 0) is 10.0 Å². The van der Waals surface area contributed by atoms with Crippen molar-refractivity contribution in [1.29, 1.82) is 0 Å². The molecule has 2 aromatic rings. The molecule has 0 fully saturated rings. The van der Waals surface area contributed by atoms with E-state index in [1.54, 1.807) is 6.92 Å². The molecule has 5 nitrogen and oxygen atoms in total. The first kappa shape index (κ1) is 22.6. The number of nitrogens with zero attached hydrogens (tertiary/aromatic N) is 1. The molecular formula is C19H21Cl2FN2O3S. The summed E-state index contributed by atoms with van der Waals surface area (Å²) in [6.45, 7) is 4.33. The number of nitrogens with one attached hydrogen (secondary N) is 1. The summed E-state index contributed by atoms with van der Waals surface area (Å²) in [4.78, 5) is 12.4. The Balaban J connectivity index is 2.33. The Kier molecular flexibility index (Phi) is 7.83. The van der Waals surface area contributed by atoms with Crippen LogP contribution >= 0.6 is 23.2 Å². The first-order valence-corrected chi connectivity index (χ1v) is 11.0. The van der Waals surface area contributed by atoms with Gasteiger partial charge in [0.15, 0.2) is 0 Å². The smallest absolute Gasteiger partial charge is 0.258 e. The number of hydrogen-bond acceptors (Lipinski definition) is 3. The van der Waals surface area contributed by atoms with E-state index in [4.69, 9.17) is 23.2 Å². The molecule has 0 aliphatic rings. The van der Waals surface area contributed by atoms with Gasteiger partial charge in [-0.05, 0) is 42.8 Å². The van der Waals surface area contributed by atoms with E-state index in [0.717, 1.165) is 24.6 Å². The van der Waals surface area contributed by atoms with Crippen molar-refractivity contribution < 1.29 is 17.6 Å². The van der Waals surface area contributed by atoms with Gasteiger partial charge in [-0.1, -0.05) is 43.5 Å². The molecule has 0 bridgehead atoms. The largest absolute Gasteiger partial charge is 0.322 e. The van der Waals surface area contributed by atoms with Crippen molar-refractivity contribution in [2.75, 3.05) is 18.4 Å². The van der Waals surface area contributed by atoms with E-state index in [0.29, 0.717) is 23.7 Å². The SMILES string of the molecule is CCCCN(CC)S(=O)(=O)c1ccc(F)c(C(=O)Nc2ccc(Cl)c(Cl)c2)c1. The molecule has 0 saturated carbocycles. The summed E-state index contributed by atoms with van der Waals surface area (Å²) in [6, 6.07) is 7.60. The van der Waals surface area contributed by atoms with Crippen LogP contribution in [0.25, 0.3) is 0 Å². The summed E-state index contributed by atoms with van der Waals surface area (Å²) in [5.41, 5.74) is -0.0658. The molecule has 2 aromatic carbocycles. The lowest BCUT2D eigenvalue weighted by atomic mass is 10.2. The van der Waals surface area contributed by atoms with Gasteiger partial charge in [0.1, 0.15) is 5.82 Å². The Bertz CT molecular complexity index is 968. The molecule has 1 amide bonds. The fraction of sp³-hybridized carbons (Fsp3) is 0.316. The first-order valence-electron chi connectivity index (χ1n) is 8.76. The molecule has 0 aliphatic heterocycles. The minimum absolute atomic E-state index is 0.133. The molecule has 0 radical (unpaired) electrons. The Morgan fingerprint density at radius 2 is 1.82 bits per heavy atom. The van der Waals surface area contributed by atoms with E-state index >= 15 is 0 Å². The summed E-state index contributed by atoms with van der Waals surface area (Å²) in [5.74, 6) is -1.61. The summed E-state index contributed by atoms with van der Waals surface area (Å²) >= 11 is 11.7. The zero-order valence-corrected chi connectivity index (χ0v) is 17.8. The number of hydrogen-bond donors (Lipinski definition) is 1. The number of benzene rings is 2. The van der Waals surface area contributed by atoms with E-state index in [1.165, 1.54) is 22.5 Å². The Morgan fingerprint density at radius 3 is 2.43 bits per heavy atom. The maximum absolute atomic E-state index is 14.2. The second-order valence-electron chi connectivity index (χ2n) is 6.07. The lowest BCUT2D eigenvalue weighted by molar-refractivity contribution is 0.102. The minimum atomic E-state index is -3.83. The van der Waals surface area contributed by atoms with Crippen molar-refractivity contribution in [3.05, 3.63) is 57.8 Å². The summed E-state index contributed by atoms with van der Waals surface area (Å²) in [6.07, 6.45) is 1.55. The molecule has 0 spiro atoms. The highest BCUT2D eigenvalue weighted by atomic mass is 35.5. The number of sulfonamides is 1. The zero-order valence-electron chi connectivity index (χ0n) is 15.5. The molecule has 9 heteroatoms. The van der Waals surface area contributed by atoms with Gasteiger partial charge in [-0.15, -0.1) is 0 Å². The topological polar surface area (TPSA) is 66.5 Å². The summed E-state index contributed by atoms with van der Waals surface area (Å²) in [5, 5.41) is 3.03. The van der Waals surface area contributed by atoms with Gasteiger partial charge in [0.05, 0.1) is 20.5 Å². The predicted octanol–water partition coefficient (Wildman–Crippen LogP) is 5.20. The van der Waals surface area contributed by atoms with E-state index in [-0.39, 0.29) is 22.0 Å². The molecule has 28 heavy (non-hydrogen) atoms. The van der Waals surface area contributed by atoms with Crippen molar-refractivity contribution >= 4 is 44.8 Å². The van der Waals surface area contributed by atoms with Crippen LogP contribution in [-0.4, -0.2) is 31.7 Å². The van der Waals surface area contributed by atoms with Gasteiger partial charge in [0.2, 0.25) is 10.0 Å². The summed E-state index contributed by atoms with van der Waals surface area (Å²) in [7, 11) is -3.83. The number of anilines is 1. The lowest BCUT2D eigenvalue weighted by Crippen LogP contribution is -2.32. The van der Waals surface area contributed by atoms with E-state index in [2.05, 4.69) is 5.32 Å². The van der Waals surface area contributed by atoms with E-state index < -0.39 is 21.7 Å². The molecular weight excluding hydrogens is 426 g/mol. The maximum atomic E-state index is 14.2. The van der Waals surface area contributed by atoms with E-state index in [9.17, 15) is 17.6 Å². The lowest BCUT2D eigenvalue weighted by Gasteiger charge is -2.20. The number of unbranched alkanes of at least 4 members (excludes halogenated alkanes) is 1. The molecule has 1 N–H and O–H groups in total. The van der Waals surface area contributed by atoms with Crippen LogP contribution < -0.4 is 5.32 Å². The van der Waals surface area contributed by atoms with E-state index in [1.807, 2.05) is 6.92 Å². The third kappa shape index (κ3) is 5.23. The highest BCUT2D eigenvalue weighted by Crippen LogP contribution is 2.26. The molecule has 0 heterocycles. The predicted molar refractivity (Wildman–Crippen MR) is 110 cm³/mol. The van der Waals surface area contributed by atoms with Gasteiger partial charge in [0, 0.05) is 18.8 Å². The molecule has 0 aliphatic carbocycles. The van der Waals surface area contributed by atoms with Gasteiger partial charge in [0.25, 0.3) is 5.91 Å². The van der Waals surface area contributed by atoms with Crippen molar-refractivity contribution in [2.45, 2.75) is 31.6 Å². The van der Waals surface area contributed by atoms with Crippen LogP contribution in [0.3, 0.4) is 0 Å². The van der Waals surface area contributed by atoms with Crippen LogP contribution in [0.5, 0.6) is 0 Å². The maximum Gasteiger partial charge on any atom is 0.258 e. The fourth-order valence-corrected chi connectivity index (χ4v) is 4.36. The second-order valence-corrected chi connectivity index (χ2v) is 8.83. The number of carbonyl (C=O) groups excluding carboxylic acids is 1. The minimum Gasteiger partial charge on any atom is -0.322 e. The van der Waals surface area contributed by atoms with Crippen molar-refractivity contribution in [3.8, 4) is 0 Å². The molecule has 0 unspecified atom stereocenters. The molecule has 0 saturated heterocycles. The normalized spacial score (nSPS) is 11.6. The zero-order chi connectivity index (χ0) is 20.9. The average molecular weight is 447 g/mol. The van der Waals surface area contributed by atoms with Crippen LogP contribution in [0.2, 0.25) is 10.0 Å². The quantitative estimate of drug-likeness (QED) is 0.605. The van der Waals surface area contributed by atoms with Gasteiger partial charge >= 0.3 is 0 Å². The van der Waals surface area contributed by atoms with Crippen molar-refractivity contribution in [3.63, 3.8) is 0 Å². The van der Waals surface area contributed by atoms with Crippen LogP contribution in [0.15, 0.2) is 41.3 Å². The van der Waals surface area contributed by atoms with Crippen molar-refractivity contribution in [2.24, 2.45) is 0 Å². The van der Waals surface area contributed by atoms with Crippen LogP contribution in [0.4, 0.5) is 10.1 Å². The standard InChI is InChI=1S/C19H21Cl2FN2O3S/c1-3-5-10-24(4-2)28(26,27)14-7-9-18(22)15(12-14)19(25)23-13-6-8-16(20)17(21)11-13/h6-9,11-12H,3-5,10H2,1-2H3,(H,23,25). The number of carbonyl (C=O) groups is 1. The van der Waals surface area contributed by atoms with Gasteiger partial charge < -0.3 is 5.32 Å². The highest BCUT2D eigenvalue weighted by Gasteiger charge is 2.25. The van der Waals surface area contributed by atoms with Crippen LogP contribution in [0, 0.1) is 5.82 Å². The highest BCUT2D eigenvalue weighted by molar-refractivity contribution is 7.89. The Hall–Kier alpha value is -1.67. The average Bonchev–Trinajstić information content (AvgIpc) is 2.65. The summed E-state index contributed by atoms with van der Waals surface area (Å²) < 4.78 is 41.2. The molecule has 2 rings (SSSR count). The third-order valence-electron chi connectivity index (χ3n) is 4.11. The number of halogens is 3. The fourth-order valence-electron chi connectivity index (χ4n) is 2.54.